The Labute approximate surface area is 191 Å². The second kappa shape index (κ2) is 8.34. The molecule has 0 radical (unpaired) electrons. The maximum atomic E-state index is 13.3. The van der Waals surface area contributed by atoms with E-state index in [-0.39, 0.29) is 11.9 Å². The van der Waals surface area contributed by atoms with Crippen molar-refractivity contribution < 1.29 is 4.79 Å². The summed E-state index contributed by atoms with van der Waals surface area (Å²) in [5.41, 5.74) is 15.4. The predicted octanol–water partition coefficient (Wildman–Crippen LogP) is 2.21. The number of nitrogens with one attached hydrogen (secondary N) is 1. The number of carbonyl (C=O) groups excluding carboxylic acids is 1. The minimum atomic E-state index is -0.252. The summed E-state index contributed by atoms with van der Waals surface area (Å²) in [5.74, 6) is 1.14. The van der Waals surface area contributed by atoms with Gasteiger partial charge in [-0.25, -0.2) is 0 Å². The van der Waals surface area contributed by atoms with Crippen molar-refractivity contribution in [3.8, 4) is 0 Å². The number of anilines is 3. The smallest absolute Gasteiger partial charge is 0.261 e. The van der Waals surface area contributed by atoms with E-state index in [9.17, 15) is 4.79 Å². The summed E-state index contributed by atoms with van der Waals surface area (Å²) in [6.45, 7) is 3.80. The molecule has 32 heavy (non-hydrogen) atoms. The largest absolute Gasteiger partial charge is 0.390 e. The fourth-order valence-corrected chi connectivity index (χ4v) is 5.75. The fraction of sp³-hybridized carbons (Fsp3) is 0.500. The second-order valence-electron chi connectivity index (χ2n) is 9.01. The lowest BCUT2D eigenvalue weighted by Gasteiger charge is -2.36. The lowest BCUT2D eigenvalue weighted by Crippen LogP contribution is -2.41. The molecule has 0 unspecified atom stereocenters. The van der Waals surface area contributed by atoms with Crippen molar-refractivity contribution in [2.45, 2.75) is 31.2 Å². The minimum absolute atomic E-state index is 0.222. The number of rotatable bonds is 4. The molecule has 0 saturated carbocycles. The van der Waals surface area contributed by atoms with E-state index in [1.54, 1.807) is 6.20 Å². The van der Waals surface area contributed by atoms with Gasteiger partial charge in [0.15, 0.2) is 5.82 Å². The zero-order chi connectivity index (χ0) is 22.4. The van der Waals surface area contributed by atoms with E-state index in [1.165, 1.54) is 16.9 Å². The van der Waals surface area contributed by atoms with Crippen LogP contribution in [-0.2, 0) is 7.05 Å². The van der Waals surface area contributed by atoms with Gasteiger partial charge in [-0.1, -0.05) is 0 Å². The van der Waals surface area contributed by atoms with Gasteiger partial charge in [-0.3, -0.25) is 14.5 Å². The first-order chi connectivity index (χ1) is 15.4. The summed E-state index contributed by atoms with van der Waals surface area (Å²) in [4.78, 5) is 22.5. The van der Waals surface area contributed by atoms with Gasteiger partial charge in [-0.15, -0.1) is 11.3 Å². The number of hydrogen-bond donors (Lipinski definition) is 3. The van der Waals surface area contributed by atoms with Crippen molar-refractivity contribution in [1.29, 1.82) is 0 Å². The molecule has 2 aliphatic heterocycles. The Morgan fingerprint density at radius 2 is 2.03 bits per heavy atom. The van der Waals surface area contributed by atoms with Gasteiger partial charge in [0.05, 0.1) is 16.4 Å². The Kier molecular flexibility index (Phi) is 5.52. The number of amides is 1. The maximum absolute atomic E-state index is 13.3. The molecular formula is C22H30N8OS. The molecule has 3 aromatic rings. The first-order valence-corrected chi connectivity index (χ1v) is 11.9. The third kappa shape index (κ3) is 3.82. The predicted molar refractivity (Wildman–Crippen MR) is 129 cm³/mol. The van der Waals surface area contributed by atoms with Crippen molar-refractivity contribution in [3.05, 3.63) is 29.6 Å². The summed E-state index contributed by atoms with van der Waals surface area (Å²) >= 11 is 1.42. The molecule has 5 heterocycles. The number of thiophene rings is 1. The van der Waals surface area contributed by atoms with Gasteiger partial charge in [0.2, 0.25) is 0 Å². The summed E-state index contributed by atoms with van der Waals surface area (Å²) < 4.78 is 2.76. The second-order valence-corrected chi connectivity index (χ2v) is 10.1. The Hall–Kier alpha value is -2.69. The number of hydrogen-bond acceptors (Lipinski definition) is 8. The van der Waals surface area contributed by atoms with Crippen LogP contribution in [0.2, 0.25) is 0 Å². The zero-order valence-electron chi connectivity index (χ0n) is 18.5. The molecule has 9 nitrogen and oxygen atoms in total. The van der Waals surface area contributed by atoms with Crippen molar-refractivity contribution in [2.75, 3.05) is 49.2 Å². The monoisotopic (exact) mass is 454 g/mol. The van der Waals surface area contributed by atoms with Gasteiger partial charge in [0.1, 0.15) is 16.3 Å². The van der Waals surface area contributed by atoms with Crippen LogP contribution in [0.1, 0.15) is 41.1 Å². The number of nitrogen functional groups attached to an aromatic ring is 1. The van der Waals surface area contributed by atoms with Crippen LogP contribution in [0, 0.1) is 0 Å². The summed E-state index contributed by atoms with van der Waals surface area (Å²) in [6.07, 6.45) is 6.53. The number of carbonyl (C=O) groups is 1. The summed E-state index contributed by atoms with van der Waals surface area (Å²) in [7, 11) is 4.01. The van der Waals surface area contributed by atoms with Gasteiger partial charge < -0.3 is 26.6 Å². The third-order valence-corrected chi connectivity index (χ3v) is 7.52. The third-order valence-electron chi connectivity index (χ3n) is 6.57. The Morgan fingerprint density at radius 3 is 2.81 bits per heavy atom. The molecule has 1 atom stereocenters. The molecule has 170 valence electrons. The van der Waals surface area contributed by atoms with Crippen molar-refractivity contribution >= 4 is 44.0 Å². The highest BCUT2D eigenvalue weighted by Gasteiger charge is 2.27. The van der Waals surface area contributed by atoms with Crippen LogP contribution in [-0.4, -0.2) is 64.8 Å². The quantitative estimate of drug-likeness (QED) is 0.553. The summed E-state index contributed by atoms with van der Waals surface area (Å²) in [5, 5.41) is 7.93. The highest BCUT2D eigenvalue weighted by molar-refractivity contribution is 7.23. The molecule has 5 N–H and O–H groups in total. The van der Waals surface area contributed by atoms with Crippen molar-refractivity contribution in [2.24, 2.45) is 12.8 Å². The standard InChI is InChI=1S/C22H30N8OS/c1-28-11-14(12-28)13-8-17-19(25-9-13)18(20(24)32-17)21(31)27-16-10-26-29(2)22(16)30-6-3-4-15(23)5-7-30/h8-10,14-15H,3-7,11-12,23-24H2,1-2H3,(H,27,31)/t15-/m1/s1. The number of aryl methyl sites for hydroxylation is 1. The van der Waals surface area contributed by atoms with Gasteiger partial charge in [-0.05, 0) is 37.9 Å². The van der Waals surface area contributed by atoms with E-state index < -0.39 is 0 Å². The number of likely N-dealkylation sites (tertiary alicyclic amines) is 1. The molecule has 0 aromatic carbocycles. The molecular weight excluding hydrogens is 424 g/mol. The first kappa shape index (κ1) is 21.2. The Bertz CT molecular complexity index is 1150. The zero-order valence-corrected chi connectivity index (χ0v) is 19.4. The molecule has 2 aliphatic rings. The number of fused-ring (bicyclic) bond motifs is 1. The SMILES string of the molecule is CN1CC(c2cnc3c(C(=O)Nc4cnn(C)c4N4CCC[C@@H](N)CC4)c(N)sc3c2)C1. The Morgan fingerprint density at radius 1 is 1.22 bits per heavy atom. The Balaban J connectivity index is 1.40. The van der Waals surface area contributed by atoms with Crippen LogP contribution in [0.15, 0.2) is 18.5 Å². The normalized spacial score (nSPS) is 20.3. The highest BCUT2D eigenvalue weighted by atomic mass is 32.1. The minimum Gasteiger partial charge on any atom is -0.390 e. The van der Waals surface area contributed by atoms with E-state index in [1.807, 2.05) is 17.9 Å². The topological polar surface area (TPSA) is 118 Å². The van der Waals surface area contributed by atoms with E-state index in [4.69, 9.17) is 11.5 Å². The average Bonchev–Trinajstić information content (AvgIpc) is 3.17. The molecule has 2 fully saturated rings. The number of nitrogens with zero attached hydrogens (tertiary/aromatic N) is 5. The first-order valence-electron chi connectivity index (χ1n) is 11.1. The number of likely N-dealkylation sites (N-methyl/N-ethyl adjacent to an activating group) is 1. The molecule has 1 amide bonds. The molecule has 10 heteroatoms. The van der Waals surface area contributed by atoms with Gasteiger partial charge in [-0.2, -0.15) is 5.10 Å². The maximum Gasteiger partial charge on any atom is 0.261 e. The van der Waals surface area contributed by atoms with Crippen LogP contribution in [0.3, 0.4) is 0 Å². The van der Waals surface area contributed by atoms with Gasteiger partial charge >= 0.3 is 0 Å². The molecule has 0 spiro atoms. The number of nitrogens with two attached hydrogens (primary N) is 2. The molecule has 0 aliphatic carbocycles. The number of pyridine rings is 1. The molecule has 5 rings (SSSR count). The molecule has 3 aromatic heterocycles. The van der Waals surface area contributed by atoms with E-state index in [0.717, 1.165) is 56.0 Å². The molecule has 0 bridgehead atoms. The van der Waals surface area contributed by atoms with Crippen LogP contribution in [0.5, 0.6) is 0 Å². The highest BCUT2D eigenvalue weighted by Crippen LogP contribution is 2.36. The van der Waals surface area contributed by atoms with Gasteiger partial charge in [0.25, 0.3) is 5.91 Å². The fourth-order valence-electron chi connectivity index (χ4n) is 4.78. The lowest BCUT2D eigenvalue weighted by molar-refractivity contribution is 0.102. The van der Waals surface area contributed by atoms with Crippen LogP contribution in [0.4, 0.5) is 16.5 Å². The van der Waals surface area contributed by atoms with E-state index >= 15 is 0 Å². The van der Waals surface area contributed by atoms with Crippen LogP contribution >= 0.6 is 11.3 Å². The average molecular weight is 455 g/mol. The van der Waals surface area contributed by atoms with Crippen LogP contribution in [0.25, 0.3) is 10.2 Å². The summed E-state index contributed by atoms with van der Waals surface area (Å²) in [6, 6.07) is 2.35. The van der Waals surface area contributed by atoms with Crippen molar-refractivity contribution in [1.82, 2.24) is 19.7 Å². The van der Waals surface area contributed by atoms with Crippen molar-refractivity contribution in [3.63, 3.8) is 0 Å². The van der Waals surface area contributed by atoms with Crippen LogP contribution < -0.4 is 21.7 Å². The van der Waals surface area contributed by atoms with E-state index in [0.29, 0.717) is 27.7 Å². The molecule has 2 saturated heterocycles. The van der Waals surface area contributed by atoms with Gasteiger partial charge in [0, 0.05) is 51.4 Å². The lowest BCUT2D eigenvalue weighted by atomic mass is 9.93. The number of aromatic nitrogens is 3. The van der Waals surface area contributed by atoms with E-state index in [2.05, 4.69) is 38.3 Å².